The van der Waals surface area contributed by atoms with Gasteiger partial charge in [-0.25, -0.2) is 0 Å². The van der Waals surface area contributed by atoms with Crippen molar-refractivity contribution in [3.63, 3.8) is 0 Å². The van der Waals surface area contributed by atoms with Crippen LogP contribution in [0, 0.1) is 0 Å². The number of fused-ring (bicyclic) bond motifs is 8. The Morgan fingerprint density at radius 1 is 0.132 bits per heavy atom. The summed E-state index contributed by atoms with van der Waals surface area (Å²) in [4.78, 5) is 0. The van der Waals surface area contributed by atoms with Gasteiger partial charge in [-0.05, 0) is 335 Å². The van der Waals surface area contributed by atoms with Gasteiger partial charge in [-0.1, -0.05) is 24.3 Å². The molecule has 33 rings (SSSR count). The van der Waals surface area contributed by atoms with E-state index >= 15 is 0 Å². The van der Waals surface area contributed by atoms with Gasteiger partial charge in [-0.15, -0.1) is 0 Å². The molecule has 278 valence electrons. The van der Waals surface area contributed by atoms with Crippen LogP contribution in [0.5, 0.6) is 0 Å². The van der Waals surface area contributed by atoms with E-state index in [1.807, 2.05) is 0 Å². The van der Waals surface area contributed by atoms with Gasteiger partial charge in [0.05, 0.1) is 0 Å². The highest BCUT2D eigenvalue weighted by molar-refractivity contribution is 6.82. The molecule has 0 heterocycles. The van der Waals surface area contributed by atoms with Crippen LogP contribution in [0.2, 0.25) is 0 Å². The van der Waals surface area contributed by atoms with Gasteiger partial charge in [0.2, 0.25) is 0 Å². The van der Waals surface area contributed by atoms with Crippen LogP contribution < -0.4 is 0 Å². The maximum absolute atomic E-state index is 2.62. The molecule has 30 aromatic carbocycles. The van der Waals surface area contributed by atoms with Gasteiger partial charge >= 0.3 is 0 Å². The summed E-state index contributed by atoms with van der Waals surface area (Å²) in [7, 11) is 0. The lowest BCUT2D eigenvalue weighted by molar-refractivity contribution is 0.856. The monoisotopic (exact) mass is 822 g/mol. The van der Waals surface area contributed by atoms with Crippen molar-refractivity contribution >= 4 is 302 Å². The van der Waals surface area contributed by atoms with Crippen LogP contribution in [0.1, 0.15) is 45.2 Å². The van der Waals surface area contributed by atoms with Gasteiger partial charge in [0.25, 0.3) is 0 Å². The van der Waals surface area contributed by atoms with E-state index in [2.05, 4.69) is 24.3 Å². The zero-order valence-corrected chi connectivity index (χ0v) is 34.5. The molecule has 0 spiro atoms. The molecule has 0 aromatic heterocycles. The van der Waals surface area contributed by atoms with E-state index in [1.54, 1.807) is 335 Å². The largest absolute Gasteiger partial charge is 0.0619 e. The molecule has 0 amide bonds. The van der Waals surface area contributed by atoms with Crippen molar-refractivity contribution in [3.8, 4) is 0 Å². The van der Waals surface area contributed by atoms with E-state index in [9.17, 15) is 0 Å². The number of rotatable bonds is 0. The van der Waals surface area contributed by atoms with Gasteiger partial charge < -0.3 is 0 Å². The average molecular weight is 823 g/mol. The Balaban J connectivity index is 1.25. The Kier molecular flexibility index (Phi) is 1.96. The number of benzene rings is 18. The van der Waals surface area contributed by atoms with Crippen molar-refractivity contribution in [2.45, 2.75) is 11.8 Å². The third-order valence-electron chi connectivity index (χ3n) is 24.9. The second-order valence-electron chi connectivity index (χ2n) is 25.1. The quantitative estimate of drug-likeness (QED) is 0.134. The summed E-state index contributed by atoms with van der Waals surface area (Å²) in [6.45, 7) is 0. The minimum Gasteiger partial charge on any atom is -0.0619 e. The fourth-order valence-electron chi connectivity index (χ4n) is 24.8. The standard InChI is InChI=1S/C68H6/c1-2-4-6-5(3-1)7-9-10-8(6)12-16-15-11(7)17-24-20-13(9)19-14(10)21-25-18(12)27-23(16)32-31-22(15)26(17)35-41-33(24)39-29(20)37-28(19)38-30(21)40-34(25)42-36(27)46-44(32)53-43(31)45(35)54-51(41)58-49(39)56-47(37)48(38)57-50(40)59-52(42)55(46)62-60(53)61(54)67-65(58)63(56)64(57)66(59)68(62)67/h1-4,7-8H. The maximum atomic E-state index is 2.62. The first-order valence-electron chi connectivity index (χ1n) is 25.6. The molecule has 0 heteroatoms. The molecule has 0 saturated heterocycles. The van der Waals surface area contributed by atoms with Crippen LogP contribution in [0.3, 0.4) is 0 Å². The lowest BCUT2D eigenvalue weighted by atomic mass is 9.66. The normalized spacial score (nSPS) is 20.1. The van der Waals surface area contributed by atoms with Crippen molar-refractivity contribution in [1.29, 1.82) is 0 Å². The molecule has 30 aromatic rings. The summed E-state index contributed by atoms with van der Waals surface area (Å²) in [6, 6.07) is 10.1. The van der Waals surface area contributed by atoms with Crippen molar-refractivity contribution in [2.24, 2.45) is 0 Å². The second-order valence-corrected chi connectivity index (χ2v) is 25.1. The SMILES string of the molecule is c1ccc2c(c1)C1c3c4c5c6c3c3c7c8c1c1c9c(c%10c%11c5c5c%12c6c6c3c3c7c7c%13c8c1c1c8c9c%10c9c%10c%11c5c5c%11c%12c6c6c3c3c7c7c%13c1c1c8c9c8c%10c5c5c%11c6c3c3c7c1c8c53)C24. The van der Waals surface area contributed by atoms with Gasteiger partial charge in [0.15, 0.2) is 0 Å². The molecule has 0 bridgehead atoms. The molecule has 0 radical (unpaired) electrons. The molecular weight excluding hydrogens is 817 g/mol. The van der Waals surface area contributed by atoms with Crippen LogP contribution >= 0.6 is 0 Å². The first kappa shape index (κ1) is 24.3. The molecule has 2 atom stereocenters. The van der Waals surface area contributed by atoms with E-state index in [1.165, 1.54) is 0 Å². The molecule has 0 N–H and O–H groups in total. The van der Waals surface area contributed by atoms with Crippen molar-refractivity contribution in [2.75, 3.05) is 0 Å². The van der Waals surface area contributed by atoms with E-state index in [0.717, 1.165) is 0 Å². The summed E-state index contributed by atoms with van der Waals surface area (Å²) in [5, 5.41) is 93.4. The van der Waals surface area contributed by atoms with Gasteiger partial charge in [0, 0.05) is 11.8 Å². The second kappa shape index (κ2) is 5.48. The van der Waals surface area contributed by atoms with E-state index in [-0.39, 0.29) is 11.8 Å². The van der Waals surface area contributed by atoms with Crippen LogP contribution in [0.4, 0.5) is 0 Å². The molecule has 0 aliphatic heterocycles. The summed E-state index contributed by atoms with van der Waals surface area (Å²) < 4.78 is 0. The Morgan fingerprint density at radius 3 is 0.426 bits per heavy atom. The Labute approximate surface area is 369 Å². The highest BCUT2D eigenvalue weighted by Crippen LogP contribution is 2.81. The Morgan fingerprint density at radius 2 is 0.250 bits per heavy atom. The van der Waals surface area contributed by atoms with Gasteiger partial charge in [0.1, 0.15) is 0 Å². The lowest BCUT2D eigenvalue weighted by Gasteiger charge is -2.36. The van der Waals surface area contributed by atoms with Crippen LogP contribution in [-0.4, -0.2) is 0 Å². The van der Waals surface area contributed by atoms with E-state index < -0.39 is 0 Å². The third kappa shape index (κ3) is 1.28. The summed E-state index contributed by atoms with van der Waals surface area (Å²) in [5.41, 5.74) is 10.1. The van der Waals surface area contributed by atoms with Crippen LogP contribution in [-0.2, 0) is 0 Å². The molecule has 0 saturated carbocycles. The predicted octanol–water partition coefficient (Wildman–Crippen LogP) is 19.0. The molecular formula is C68H6. The minimum absolute atomic E-state index is 0.210. The lowest BCUT2D eigenvalue weighted by Crippen LogP contribution is -2.20. The minimum atomic E-state index is 0.210. The third-order valence-corrected chi connectivity index (χ3v) is 24.9. The zero-order chi connectivity index (χ0) is 39.8. The highest BCUT2D eigenvalue weighted by atomic mass is 14.6. The van der Waals surface area contributed by atoms with E-state index in [0.29, 0.717) is 0 Å². The van der Waals surface area contributed by atoms with Crippen molar-refractivity contribution in [1.82, 2.24) is 0 Å². The van der Waals surface area contributed by atoms with Gasteiger partial charge in [-0.3, -0.25) is 0 Å². The fourth-order valence-corrected chi connectivity index (χ4v) is 24.8. The van der Waals surface area contributed by atoms with Gasteiger partial charge in [-0.2, -0.15) is 0 Å². The Hall–Kier alpha value is -8.58. The fraction of sp³-hybridized carbons (Fsp3) is 0.0294. The summed E-state index contributed by atoms with van der Waals surface area (Å²) >= 11 is 0. The Bertz CT molecular complexity index is 7250. The van der Waals surface area contributed by atoms with Crippen molar-refractivity contribution < 1.29 is 0 Å². The zero-order valence-electron chi connectivity index (χ0n) is 34.5. The van der Waals surface area contributed by atoms with Crippen molar-refractivity contribution in [3.05, 3.63) is 57.6 Å². The first-order valence-corrected chi connectivity index (χ1v) is 25.6. The molecule has 3 aliphatic carbocycles. The number of hydrogen-bond donors (Lipinski definition) is 0. The molecule has 3 aliphatic rings. The smallest absolute Gasteiger partial charge is 0.0365 e. The maximum Gasteiger partial charge on any atom is 0.0365 e. The van der Waals surface area contributed by atoms with E-state index in [4.69, 9.17) is 0 Å². The highest BCUT2D eigenvalue weighted by Gasteiger charge is 2.54. The predicted molar refractivity (Wildman–Crippen MR) is 289 cm³/mol. The first-order chi connectivity index (χ1) is 34.0. The molecule has 2 unspecified atom stereocenters. The molecule has 0 fully saturated rings. The van der Waals surface area contributed by atoms with Crippen LogP contribution in [0.25, 0.3) is 302 Å². The topological polar surface area (TPSA) is 0 Å². The van der Waals surface area contributed by atoms with Crippen LogP contribution in [0.15, 0.2) is 24.3 Å². The molecule has 0 nitrogen and oxygen atoms in total. The summed E-state index contributed by atoms with van der Waals surface area (Å²) in [6.07, 6.45) is 0. The average Bonchev–Trinajstić information content (AvgIpc) is 4.22. The number of hydrogen-bond acceptors (Lipinski definition) is 0. The molecule has 68 heavy (non-hydrogen) atoms. The summed E-state index contributed by atoms with van der Waals surface area (Å²) in [5.74, 6) is 0.421.